The Morgan fingerprint density at radius 3 is 2.43 bits per heavy atom. The van der Waals surface area contributed by atoms with E-state index in [1.165, 1.54) is 16.7 Å². The molecule has 2 amide bonds. The summed E-state index contributed by atoms with van der Waals surface area (Å²) in [6.07, 6.45) is 0.981. The third-order valence-corrected chi connectivity index (χ3v) is 6.58. The van der Waals surface area contributed by atoms with Gasteiger partial charge in [0.1, 0.15) is 23.8 Å². The highest BCUT2D eigenvalue weighted by Gasteiger charge is 2.65. The van der Waals surface area contributed by atoms with E-state index in [0.717, 1.165) is 0 Å². The number of nitrogens with two attached hydrogens (primary N) is 1. The van der Waals surface area contributed by atoms with Crippen molar-refractivity contribution in [1.82, 2.24) is 10.2 Å². The number of β-lactam (4-membered cyclic amide) rings is 1. The molecule has 2 rings (SSSR count). The van der Waals surface area contributed by atoms with Gasteiger partial charge in [-0.1, -0.05) is 6.42 Å². The fraction of sp³-hybridized carbons (Fsp3) is 0.706. The number of carbonyl (C=O) groups excluding carboxylic acids is 3. The van der Waals surface area contributed by atoms with Crippen LogP contribution in [0.1, 0.15) is 39.5 Å². The maximum atomic E-state index is 12.5. The lowest BCUT2D eigenvalue weighted by Gasteiger charge is -2.42. The van der Waals surface area contributed by atoms with Crippen LogP contribution >= 0.6 is 11.8 Å². The molecule has 156 valence electrons. The van der Waals surface area contributed by atoms with Crippen molar-refractivity contribution in [2.45, 2.75) is 61.7 Å². The van der Waals surface area contributed by atoms with Crippen LogP contribution in [0.3, 0.4) is 0 Å². The summed E-state index contributed by atoms with van der Waals surface area (Å²) in [5.74, 6) is -4.41. The summed E-state index contributed by atoms with van der Waals surface area (Å²) in [5.41, 5.74) is 5.15. The van der Waals surface area contributed by atoms with Gasteiger partial charge < -0.3 is 26.2 Å². The van der Waals surface area contributed by atoms with Crippen LogP contribution in [0.25, 0.3) is 0 Å². The van der Waals surface area contributed by atoms with E-state index in [1.54, 1.807) is 13.8 Å². The van der Waals surface area contributed by atoms with Gasteiger partial charge in [-0.2, -0.15) is 0 Å². The Balaban J connectivity index is 1.85. The zero-order valence-electron chi connectivity index (χ0n) is 15.7. The summed E-state index contributed by atoms with van der Waals surface area (Å²) in [4.78, 5) is 59.9. The monoisotopic (exact) mass is 415 g/mol. The van der Waals surface area contributed by atoms with Crippen LogP contribution in [0.15, 0.2) is 0 Å². The number of amides is 2. The first-order valence-corrected chi connectivity index (χ1v) is 9.87. The number of carboxylic acid groups (broad SMARTS) is 2. The zero-order chi connectivity index (χ0) is 21.2. The predicted molar refractivity (Wildman–Crippen MR) is 99.3 cm³/mol. The molecule has 28 heavy (non-hydrogen) atoms. The fourth-order valence-corrected chi connectivity index (χ4v) is 5.33. The average Bonchev–Trinajstić information content (AvgIpc) is 2.84. The molecule has 10 nitrogen and oxygen atoms in total. The van der Waals surface area contributed by atoms with Crippen LogP contribution in [-0.2, 0) is 24.0 Å². The largest absolute Gasteiger partial charge is 0.480 e. The van der Waals surface area contributed by atoms with Crippen LogP contribution in [0.5, 0.6) is 0 Å². The molecular weight excluding hydrogens is 390 g/mol. The van der Waals surface area contributed by atoms with E-state index in [-0.39, 0.29) is 25.2 Å². The third kappa shape index (κ3) is 4.30. The molecule has 0 aromatic heterocycles. The van der Waals surface area contributed by atoms with Gasteiger partial charge in [0.05, 0.1) is 11.9 Å². The van der Waals surface area contributed by atoms with Gasteiger partial charge in [-0.05, 0) is 26.7 Å². The number of rotatable bonds is 10. The van der Waals surface area contributed by atoms with Crippen LogP contribution in [-0.4, -0.2) is 73.4 Å². The summed E-state index contributed by atoms with van der Waals surface area (Å²) in [6.45, 7) is 3.17. The van der Waals surface area contributed by atoms with Crippen LogP contribution in [0.4, 0.5) is 0 Å². The second-order valence-corrected chi connectivity index (χ2v) is 9.22. The van der Waals surface area contributed by atoms with E-state index >= 15 is 0 Å². The summed E-state index contributed by atoms with van der Waals surface area (Å²) in [7, 11) is 0. The molecule has 2 saturated heterocycles. The smallest absolute Gasteiger partial charge is 0.327 e. The number of aliphatic carboxylic acids is 2. The highest BCUT2D eigenvalue weighted by molar-refractivity contribution is 8.01. The lowest BCUT2D eigenvalue weighted by Crippen LogP contribution is -2.64. The first-order chi connectivity index (χ1) is 13.0. The Morgan fingerprint density at radius 1 is 1.25 bits per heavy atom. The van der Waals surface area contributed by atoms with Crippen LogP contribution < -0.4 is 11.1 Å². The van der Waals surface area contributed by atoms with Crippen LogP contribution in [0.2, 0.25) is 0 Å². The molecule has 5 N–H and O–H groups in total. The molecule has 0 spiro atoms. The van der Waals surface area contributed by atoms with Crippen molar-refractivity contribution in [3.63, 3.8) is 0 Å². The number of nitrogens with zero attached hydrogens (tertiary/aromatic N) is 1. The molecule has 0 aromatic carbocycles. The Morgan fingerprint density at radius 2 is 1.89 bits per heavy atom. The average molecular weight is 415 g/mol. The van der Waals surface area contributed by atoms with E-state index in [4.69, 9.17) is 10.8 Å². The maximum absolute atomic E-state index is 12.5. The van der Waals surface area contributed by atoms with Gasteiger partial charge in [-0.3, -0.25) is 14.4 Å². The second kappa shape index (κ2) is 8.48. The Bertz CT molecular complexity index is 696. The number of unbranched alkanes of at least 4 members (excludes halogenated alkanes) is 1. The van der Waals surface area contributed by atoms with Gasteiger partial charge in [0.15, 0.2) is 0 Å². The number of fused-ring (bicyclic) bond motifs is 1. The van der Waals surface area contributed by atoms with E-state index in [0.29, 0.717) is 12.8 Å². The Hall–Kier alpha value is -2.14. The van der Waals surface area contributed by atoms with Gasteiger partial charge >= 0.3 is 11.9 Å². The van der Waals surface area contributed by atoms with Crippen LogP contribution in [0, 0.1) is 5.92 Å². The SMILES string of the molecule is CC1(C)S[C@@H]2[C@H](C(=O)CCCC[C@H](NC(=O)CN)C(=O)O)C(=O)N2[C@H]1C(=O)O. The van der Waals surface area contributed by atoms with Gasteiger partial charge in [0.2, 0.25) is 11.8 Å². The van der Waals surface area contributed by atoms with Gasteiger partial charge in [-0.15, -0.1) is 11.8 Å². The third-order valence-electron chi connectivity index (χ3n) is 5.01. The number of nitrogens with one attached hydrogen (secondary N) is 1. The lowest BCUT2D eigenvalue weighted by atomic mass is 9.87. The molecule has 0 saturated carbocycles. The van der Waals surface area contributed by atoms with Crippen molar-refractivity contribution >= 4 is 41.3 Å². The molecule has 0 aliphatic carbocycles. The topological polar surface area (TPSA) is 167 Å². The number of carboxylic acids is 2. The standard InChI is InChI=1S/C17H25N3O7S/c1-17(2)12(16(26)27)20-13(23)11(14(20)28-17)9(21)6-4-3-5-8(15(24)25)19-10(22)7-18/h8,11-12,14H,3-7,18H2,1-2H3,(H,19,22)(H,24,25)(H,26,27)/t8-,11+,12-,14+/m0/s1. The van der Waals surface area contributed by atoms with Crippen molar-refractivity contribution in [3.05, 3.63) is 0 Å². The van der Waals surface area contributed by atoms with Gasteiger partial charge in [0, 0.05) is 11.2 Å². The minimum absolute atomic E-state index is 0.0939. The van der Waals surface area contributed by atoms with Gasteiger partial charge in [-0.25, -0.2) is 9.59 Å². The van der Waals surface area contributed by atoms with Crippen molar-refractivity contribution in [1.29, 1.82) is 0 Å². The maximum Gasteiger partial charge on any atom is 0.327 e. The Labute approximate surface area is 166 Å². The molecule has 0 aromatic rings. The molecule has 0 unspecified atom stereocenters. The molecule has 11 heteroatoms. The predicted octanol–water partition coefficient (Wildman–Crippen LogP) is -0.593. The van der Waals surface area contributed by atoms with Gasteiger partial charge in [0.25, 0.3) is 0 Å². The van der Waals surface area contributed by atoms with Crippen molar-refractivity contribution in [2.75, 3.05) is 6.54 Å². The number of carbonyl (C=O) groups is 5. The molecule has 2 aliphatic heterocycles. The molecule has 0 radical (unpaired) electrons. The van der Waals surface area contributed by atoms with Crippen molar-refractivity contribution in [2.24, 2.45) is 11.7 Å². The lowest BCUT2D eigenvalue weighted by molar-refractivity contribution is -0.166. The molecular formula is C17H25N3O7S. The number of Topliss-reactive ketones (excluding diaryl/α,β-unsaturated/α-hetero) is 1. The highest BCUT2D eigenvalue weighted by atomic mass is 32.2. The second-order valence-electron chi connectivity index (χ2n) is 7.45. The van der Waals surface area contributed by atoms with E-state index in [9.17, 15) is 29.1 Å². The molecule has 2 heterocycles. The number of thioether (sulfide) groups is 1. The normalized spacial score (nSPS) is 26.2. The van der Waals surface area contributed by atoms with Crippen molar-refractivity contribution in [3.8, 4) is 0 Å². The number of ketones is 1. The molecule has 0 bridgehead atoms. The summed E-state index contributed by atoms with van der Waals surface area (Å²) in [6, 6.07) is -2.03. The molecule has 2 fully saturated rings. The minimum atomic E-state index is -1.18. The van der Waals surface area contributed by atoms with E-state index in [2.05, 4.69) is 5.32 Å². The summed E-state index contributed by atoms with van der Waals surface area (Å²) >= 11 is 1.32. The fourth-order valence-electron chi connectivity index (χ4n) is 3.62. The summed E-state index contributed by atoms with van der Waals surface area (Å²) in [5, 5.41) is 20.3. The first kappa shape index (κ1) is 22.2. The number of hydrogen-bond acceptors (Lipinski definition) is 7. The van der Waals surface area contributed by atoms with E-state index in [1.807, 2.05) is 0 Å². The van der Waals surface area contributed by atoms with Crippen molar-refractivity contribution < 1.29 is 34.2 Å². The first-order valence-electron chi connectivity index (χ1n) is 8.99. The van der Waals surface area contributed by atoms with E-state index < -0.39 is 51.9 Å². The minimum Gasteiger partial charge on any atom is -0.480 e. The zero-order valence-corrected chi connectivity index (χ0v) is 16.5. The molecule has 4 atom stereocenters. The Kier molecular flexibility index (Phi) is 6.71. The quantitative estimate of drug-likeness (QED) is 0.207. The highest BCUT2D eigenvalue weighted by Crippen LogP contribution is 2.53. The number of hydrogen-bond donors (Lipinski definition) is 4. The molecule has 2 aliphatic rings. The summed E-state index contributed by atoms with van der Waals surface area (Å²) < 4.78 is -0.683.